The monoisotopic (exact) mass is 287 g/mol. The van der Waals surface area contributed by atoms with Crippen LogP contribution in [0.15, 0.2) is 24.3 Å². The van der Waals surface area contributed by atoms with Crippen molar-refractivity contribution < 1.29 is 0 Å². The molecule has 0 saturated heterocycles. The third-order valence-corrected chi connectivity index (χ3v) is 3.65. The summed E-state index contributed by atoms with van der Waals surface area (Å²) in [5, 5.41) is 22.3. The molecule has 0 radical (unpaired) electrons. The van der Waals surface area contributed by atoms with E-state index in [9.17, 15) is 0 Å². The summed E-state index contributed by atoms with van der Waals surface area (Å²) in [7, 11) is 1.98. The fourth-order valence-corrected chi connectivity index (χ4v) is 2.55. The molecule has 2 rings (SSSR count). The first-order chi connectivity index (χ1) is 9.72. The van der Waals surface area contributed by atoms with Gasteiger partial charge in [-0.2, -0.15) is 5.26 Å². The molecule has 1 N–H and O–H groups in total. The Labute approximate surface area is 122 Å². The molecule has 0 aliphatic heterocycles. The van der Waals surface area contributed by atoms with E-state index < -0.39 is 0 Å². The molecule has 0 fully saturated rings. The minimum absolute atomic E-state index is 0.664. The van der Waals surface area contributed by atoms with Crippen LogP contribution in [-0.4, -0.2) is 23.8 Å². The van der Waals surface area contributed by atoms with Crippen LogP contribution in [0.4, 0.5) is 10.8 Å². The molecule has 0 saturated carbocycles. The van der Waals surface area contributed by atoms with Gasteiger partial charge < -0.3 is 10.2 Å². The Bertz CT molecular complexity index is 602. The van der Waals surface area contributed by atoms with Crippen molar-refractivity contribution in [3.8, 4) is 6.07 Å². The van der Waals surface area contributed by atoms with Gasteiger partial charge in [-0.15, -0.1) is 10.2 Å². The van der Waals surface area contributed by atoms with Crippen LogP contribution in [0.25, 0.3) is 0 Å². The number of rotatable bonds is 6. The molecule has 0 bridgehead atoms. The Kier molecular flexibility index (Phi) is 4.91. The van der Waals surface area contributed by atoms with Crippen LogP contribution in [0, 0.1) is 11.3 Å². The van der Waals surface area contributed by atoms with Crippen LogP contribution >= 0.6 is 11.3 Å². The van der Waals surface area contributed by atoms with E-state index >= 15 is 0 Å². The zero-order chi connectivity index (χ0) is 14.4. The molecule has 20 heavy (non-hydrogen) atoms. The third kappa shape index (κ3) is 3.68. The van der Waals surface area contributed by atoms with Crippen molar-refractivity contribution >= 4 is 22.2 Å². The van der Waals surface area contributed by atoms with Crippen LogP contribution < -0.4 is 10.2 Å². The van der Waals surface area contributed by atoms with Gasteiger partial charge in [-0.1, -0.05) is 24.3 Å². The Morgan fingerprint density at radius 3 is 3.00 bits per heavy atom. The summed E-state index contributed by atoms with van der Waals surface area (Å²) in [5.74, 6) is 0. The van der Waals surface area contributed by atoms with Crippen LogP contribution in [0.2, 0.25) is 0 Å². The standard InChI is InChI=1S/C14H17N5S/c1-3-7-16-14-18-17-13(20-14)10-19(2)12-6-4-5-11(8-12)9-15/h4-6,8H,3,7,10H2,1-2H3,(H,16,18). The number of hydrogen-bond acceptors (Lipinski definition) is 6. The van der Waals surface area contributed by atoms with Crippen molar-refractivity contribution in [1.29, 1.82) is 5.26 Å². The molecule has 1 aromatic heterocycles. The summed E-state index contributed by atoms with van der Waals surface area (Å²) in [5.41, 5.74) is 1.67. The summed E-state index contributed by atoms with van der Waals surface area (Å²) in [6.45, 7) is 3.71. The van der Waals surface area contributed by atoms with Gasteiger partial charge in [0.15, 0.2) is 0 Å². The first-order valence-corrected chi connectivity index (χ1v) is 7.32. The molecule has 1 aromatic carbocycles. The SMILES string of the molecule is CCCNc1nnc(CN(C)c2cccc(C#N)c2)s1. The van der Waals surface area contributed by atoms with Gasteiger partial charge >= 0.3 is 0 Å². The molecule has 0 amide bonds. The largest absolute Gasteiger partial charge is 0.368 e. The summed E-state index contributed by atoms with van der Waals surface area (Å²) in [6, 6.07) is 9.70. The van der Waals surface area contributed by atoms with Crippen molar-refractivity contribution in [1.82, 2.24) is 10.2 Å². The van der Waals surface area contributed by atoms with Crippen molar-refractivity contribution in [2.24, 2.45) is 0 Å². The molecule has 0 spiro atoms. The predicted octanol–water partition coefficient (Wildman–Crippen LogP) is 2.87. The van der Waals surface area contributed by atoms with Gasteiger partial charge in [0.25, 0.3) is 0 Å². The van der Waals surface area contributed by atoms with E-state index in [1.54, 1.807) is 17.4 Å². The second-order valence-corrected chi connectivity index (χ2v) is 5.51. The first-order valence-electron chi connectivity index (χ1n) is 6.50. The first kappa shape index (κ1) is 14.3. The molecule has 0 atom stereocenters. The molecular weight excluding hydrogens is 270 g/mol. The highest BCUT2D eigenvalue weighted by Gasteiger charge is 2.08. The molecule has 6 heteroatoms. The number of anilines is 2. The predicted molar refractivity (Wildman–Crippen MR) is 82.0 cm³/mol. The lowest BCUT2D eigenvalue weighted by molar-refractivity contribution is 0.878. The normalized spacial score (nSPS) is 10.1. The molecule has 1 heterocycles. The molecule has 0 aliphatic carbocycles. The Hall–Kier alpha value is -2.13. The van der Waals surface area contributed by atoms with E-state index in [1.807, 2.05) is 25.2 Å². The summed E-state index contributed by atoms with van der Waals surface area (Å²) in [6.07, 6.45) is 1.07. The molecule has 0 unspecified atom stereocenters. The van der Waals surface area contributed by atoms with Gasteiger partial charge in [0.05, 0.1) is 18.2 Å². The number of aromatic nitrogens is 2. The van der Waals surface area contributed by atoms with Crippen LogP contribution in [0.1, 0.15) is 23.9 Å². The Morgan fingerprint density at radius 1 is 1.40 bits per heavy atom. The highest BCUT2D eigenvalue weighted by molar-refractivity contribution is 7.15. The average Bonchev–Trinajstić information content (AvgIpc) is 2.92. The maximum Gasteiger partial charge on any atom is 0.205 e. The minimum atomic E-state index is 0.664. The topological polar surface area (TPSA) is 64.8 Å². The van der Waals surface area contributed by atoms with Gasteiger partial charge in [-0.3, -0.25) is 0 Å². The van der Waals surface area contributed by atoms with Gasteiger partial charge in [0.2, 0.25) is 5.13 Å². The van der Waals surface area contributed by atoms with Crippen LogP contribution in [0.3, 0.4) is 0 Å². The maximum absolute atomic E-state index is 8.92. The third-order valence-electron chi connectivity index (χ3n) is 2.78. The number of benzene rings is 1. The van der Waals surface area contributed by atoms with Crippen LogP contribution in [0.5, 0.6) is 0 Å². The van der Waals surface area contributed by atoms with E-state index in [0.29, 0.717) is 12.1 Å². The zero-order valence-electron chi connectivity index (χ0n) is 11.6. The smallest absolute Gasteiger partial charge is 0.205 e. The number of hydrogen-bond donors (Lipinski definition) is 1. The average molecular weight is 287 g/mol. The maximum atomic E-state index is 8.92. The van der Waals surface area contributed by atoms with E-state index in [1.165, 1.54) is 0 Å². The lowest BCUT2D eigenvalue weighted by atomic mass is 10.2. The van der Waals surface area contributed by atoms with E-state index in [2.05, 4.69) is 33.4 Å². The van der Waals surface area contributed by atoms with E-state index in [0.717, 1.165) is 28.8 Å². The minimum Gasteiger partial charge on any atom is -0.368 e. The zero-order valence-corrected chi connectivity index (χ0v) is 12.4. The van der Waals surface area contributed by atoms with Gasteiger partial charge in [0, 0.05) is 19.3 Å². The van der Waals surface area contributed by atoms with Crippen molar-refractivity contribution in [3.63, 3.8) is 0 Å². The fraction of sp³-hybridized carbons (Fsp3) is 0.357. The molecule has 0 aliphatic rings. The Morgan fingerprint density at radius 2 is 2.25 bits per heavy atom. The van der Waals surface area contributed by atoms with Crippen molar-refractivity contribution in [2.75, 3.05) is 23.8 Å². The van der Waals surface area contributed by atoms with Gasteiger partial charge in [0.1, 0.15) is 5.01 Å². The van der Waals surface area contributed by atoms with Crippen LogP contribution in [-0.2, 0) is 6.54 Å². The van der Waals surface area contributed by atoms with Crippen molar-refractivity contribution in [3.05, 3.63) is 34.8 Å². The van der Waals surface area contributed by atoms with E-state index in [-0.39, 0.29) is 0 Å². The fourth-order valence-electron chi connectivity index (χ4n) is 1.73. The molecule has 2 aromatic rings. The molecule has 104 valence electrons. The lowest BCUT2D eigenvalue weighted by Crippen LogP contribution is -2.16. The highest BCUT2D eigenvalue weighted by atomic mass is 32.1. The lowest BCUT2D eigenvalue weighted by Gasteiger charge is -2.17. The summed E-state index contributed by atoms with van der Waals surface area (Å²) >= 11 is 1.57. The highest BCUT2D eigenvalue weighted by Crippen LogP contribution is 2.20. The number of nitriles is 1. The molecule has 5 nitrogen and oxygen atoms in total. The van der Waals surface area contributed by atoms with Gasteiger partial charge in [-0.25, -0.2) is 0 Å². The summed E-state index contributed by atoms with van der Waals surface area (Å²) < 4.78 is 0. The quantitative estimate of drug-likeness (QED) is 0.885. The van der Waals surface area contributed by atoms with Crippen molar-refractivity contribution in [2.45, 2.75) is 19.9 Å². The molecular formula is C14H17N5S. The second-order valence-electron chi connectivity index (χ2n) is 4.45. The number of nitrogens with one attached hydrogen (secondary N) is 1. The van der Waals surface area contributed by atoms with Gasteiger partial charge in [-0.05, 0) is 24.6 Å². The Balaban J connectivity index is 2.01. The van der Waals surface area contributed by atoms with E-state index in [4.69, 9.17) is 5.26 Å². The second kappa shape index (κ2) is 6.87. The summed E-state index contributed by atoms with van der Waals surface area (Å²) in [4.78, 5) is 2.06. The number of nitrogens with zero attached hydrogens (tertiary/aromatic N) is 4.